The summed E-state index contributed by atoms with van der Waals surface area (Å²) in [7, 11) is 1.22. The second-order valence-electron chi connectivity index (χ2n) is 6.99. The van der Waals surface area contributed by atoms with Crippen molar-refractivity contribution >= 4 is 39.8 Å². The lowest BCUT2D eigenvalue weighted by atomic mass is 10.1. The van der Waals surface area contributed by atoms with E-state index in [2.05, 4.69) is 10.6 Å². The molecule has 0 radical (unpaired) electrons. The van der Waals surface area contributed by atoms with Crippen LogP contribution in [0.3, 0.4) is 0 Å². The van der Waals surface area contributed by atoms with E-state index in [-0.39, 0.29) is 21.0 Å². The summed E-state index contributed by atoms with van der Waals surface area (Å²) in [5.41, 5.74) is 3.17. The molecule has 0 atom stereocenters. The molecule has 0 bridgehead atoms. The first-order valence-corrected chi connectivity index (χ1v) is 10.2. The van der Waals surface area contributed by atoms with Gasteiger partial charge >= 0.3 is 5.97 Å². The van der Waals surface area contributed by atoms with Crippen LogP contribution in [-0.2, 0) is 4.74 Å². The summed E-state index contributed by atoms with van der Waals surface area (Å²) in [4.78, 5) is 38.1. The average molecular weight is 440 g/mol. The standard InChI is InChI=1S/C23H21FN2O4S/c1-12-8-9-17(13(2)10-12)25-21(28)19-14(3)18(23(29)30-4)22(31-19)26-20(27)15-6-5-7-16(24)11-15/h5-11H,1-4H3,(H,25,28)(H,26,27). The van der Waals surface area contributed by atoms with E-state index in [0.29, 0.717) is 11.3 Å². The normalized spacial score (nSPS) is 10.5. The number of anilines is 2. The van der Waals surface area contributed by atoms with Crippen LogP contribution in [0.2, 0.25) is 0 Å². The second kappa shape index (κ2) is 9.09. The number of nitrogens with one attached hydrogen (secondary N) is 2. The number of benzene rings is 2. The number of aryl methyl sites for hydroxylation is 2. The van der Waals surface area contributed by atoms with Crippen LogP contribution in [0.25, 0.3) is 0 Å². The zero-order chi connectivity index (χ0) is 22.7. The second-order valence-corrected chi connectivity index (χ2v) is 8.01. The fourth-order valence-corrected chi connectivity index (χ4v) is 4.19. The van der Waals surface area contributed by atoms with E-state index in [1.807, 2.05) is 26.0 Å². The fourth-order valence-electron chi connectivity index (χ4n) is 3.10. The van der Waals surface area contributed by atoms with Gasteiger partial charge in [0.15, 0.2) is 0 Å². The Balaban J connectivity index is 1.95. The first kappa shape index (κ1) is 22.2. The molecule has 2 N–H and O–H groups in total. The number of esters is 1. The topological polar surface area (TPSA) is 84.5 Å². The Morgan fingerprint density at radius 2 is 1.71 bits per heavy atom. The number of amides is 2. The van der Waals surface area contributed by atoms with Gasteiger partial charge in [-0.15, -0.1) is 11.3 Å². The first-order valence-electron chi connectivity index (χ1n) is 9.38. The van der Waals surface area contributed by atoms with E-state index in [1.54, 1.807) is 13.0 Å². The number of methoxy groups -OCH3 is 1. The van der Waals surface area contributed by atoms with Crippen LogP contribution in [0.5, 0.6) is 0 Å². The summed E-state index contributed by atoms with van der Waals surface area (Å²) in [6.45, 7) is 5.45. The molecule has 2 aromatic carbocycles. The van der Waals surface area contributed by atoms with E-state index in [0.717, 1.165) is 28.5 Å². The van der Waals surface area contributed by atoms with Crippen molar-refractivity contribution in [3.63, 3.8) is 0 Å². The molecular weight excluding hydrogens is 419 g/mol. The van der Waals surface area contributed by atoms with Gasteiger partial charge in [-0.1, -0.05) is 23.8 Å². The molecule has 0 saturated carbocycles. The maximum atomic E-state index is 13.5. The third-order valence-electron chi connectivity index (χ3n) is 4.69. The van der Waals surface area contributed by atoms with Crippen LogP contribution in [0.1, 0.15) is 47.1 Å². The number of halogens is 1. The number of thiophene rings is 1. The van der Waals surface area contributed by atoms with Gasteiger partial charge in [-0.2, -0.15) is 0 Å². The maximum absolute atomic E-state index is 13.5. The van der Waals surface area contributed by atoms with Gasteiger partial charge in [-0.25, -0.2) is 9.18 Å². The molecule has 160 valence electrons. The molecule has 6 nitrogen and oxygen atoms in total. The van der Waals surface area contributed by atoms with Crippen LogP contribution in [0, 0.1) is 26.6 Å². The molecule has 0 fully saturated rings. The molecule has 0 aliphatic rings. The SMILES string of the molecule is COC(=O)c1c(NC(=O)c2cccc(F)c2)sc(C(=O)Nc2ccc(C)cc2C)c1C. The van der Waals surface area contributed by atoms with Crippen molar-refractivity contribution in [1.82, 2.24) is 0 Å². The van der Waals surface area contributed by atoms with E-state index in [9.17, 15) is 18.8 Å². The van der Waals surface area contributed by atoms with Crippen molar-refractivity contribution in [2.24, 2.45) is 0 Å². The first-order chi connectivity index (χ1) is 14.7. The minimum absolute atomic E-state index is 0.0861. The minimum Gasteiger partial charge on any atom is -0.465 e. The van der Waals surface area contributed by atoms with Crippen LogP contribution in [0.4, 0.5) is 15.1 Å². The Hall–Kier alpha value is -3.52. The lowest BCUT2D eigenvalue weighted by Crippen LogP contribution is -2.14. The van der Waals surface area contributed by atoms with Crippen LogP contribution in [-0.4, -0.2) is 24.9 Å². The highest BCUT2D eigenvalue weighted by atomic mass is 32.1. The highest BCUT2D eigenvalue weighted by molar-refractivity contribution is 7.19. The van der Waals surface area contributed by atoms with Gasteiger partial charge in [-0.05, 0) is 56.2 Å². The van der Waals surface area contributed by atoms with E-state index in [1.165, 1.54) is 25.3 Å². The van der Waals surface area contributed by atoms with Gasteiger partial charge in [0.25, 0.3) is 11.8 Å². The molecule has 0 saturated heterocycles. The Morgan fingerprint density at radius 3 is 2.35 bits per heavy atom. The van der Waals surface area contributed by atoms with Crippen molar-refractivity contribution in [3.8, 4) is 0 Å². The Bertz CT molecular complexity index is 1190. The van der Waals surface area contributed by atoms with E-state index in [4.69, 9.17) is 4.74 Å². The molecule has 2 amide bonds. The monoisotopic (exact) mass is 440 g/mol. The third kappa shape index (κ3) is 4.80. The minimum atomic E-state index is -0.686. The molecule has 1 aromatic heterocycles. The molecule has 3 aromatic rings. The lowest BCUT2D eigenvalue weighted by molar-refractivity contribution is 0.0601. The van der Waals surface area contributed by atoms with E-state index >= 15 is 0 Å². The molecule has 0 unspecified atom stereocenters. The molecule has 1 heterocycles. The predicted octanol–water partition coefficient (Wildman–Crippen LogP) is 5.10. The zero-order valence-corrected chi connectivity index (χ0v) is 18.3. The summed E-state index contributed by atoms with van der Waals surface area (Å²) < 4.78 is 18.3. The quantitative estimate of drug-likeness (QED) is 0.541. The Labute approximate surface area is 183 Å². The third-order valence-corrected chi connectivity index (χ3v) is 5.89. The molecule has 31 heavy (non-hydrogen) atoms. The van der Waals surface area contributed by atoms with Crippen molar-refractivity contribution in [2.45, 2.75) is 20.8 Å². The predicted molar refractivity (Wildman–Crippen MR) is 119 cm³/mol. The molecule has 0 aliphatic heterocycles. The van der Waals surface area contributed by atoms with Gasteiger partial charge < -0.3 is 15.4 Å². The molecule has 3 rings (SSSR count). The van der Waals surface area contributed by atoms with E-state index < -0.39 is 23.6 Å². The molecular formula is C23H21FN2O4S. The van der Waals surface area contributed by atoms with Crippen molar-refractivity contribution in [3.05, 3.63) is 81.0 Å². The highest BCUT2D eigenvalue weighted by Gasteiger charge is 2.27. The van der Waals surface area contributed by atoms with Crippen LogP contribution in [0.15, 0.2) is 42.5 Å². The Kier molecular flexibility index (Phi) is 6.50. The Morgan fingerprint density at radius 1 is 0.968 bits per heavy atom. The molecule has 8 heteroatoms. The van der Waals surface area contributed by atoms with Crippen molar-refractivity contribution < 1.29 is 23.5 Å². The largest absolute Gasteiger partial charge is 0.465 e. The van der Waals surface area contributed by atoms with Gasteiger partial charge in [0.2, 0.25) is 0 Å². The molecule has 0 spiro atoms. The van der Waals surface area contributed by atoms with Gasteiger partial charge in [0, 0.05) is 11.3 Å². The number of ether oxygens (including phenoxy) is 1. The fraction of sp³-hybridized carbons (Fsp3) is 0.174. The van der Waals surface area contributed by atoms with Gasteiger partial charge in [-0.3, -0.25) is 9.59 Å². The number of carbonyl (C=O) groups is 3. The number of hydrogen-bond donors (Lipinski definition) is 2. The van der Waals surface area contributed by atoms with Crippen LogP contribution >= 0.6 is 11.3 Å². The van der Waals surface area contributed by atoms with Crippen LogP contribution < -0.4 is 10.6 Å². The number of hydrogen-bond acceptors (Lipinski definition) is 5. The average Bonchev–Trinajstić information content (AvgIpc) is 3.05. The number of carbonyl (C=O) groups excluding carboxylic acids is 3. The summed E-state index contributed by atoms with van der Waals surface area (Å²) >= 11 is 0.955. The van der Waals surface area contributed by atoms with Crippen molar-refractivity contribution in [1.29, 1.82) is 0 Å². The summed E-state index contributed by atoms with van der Waals surface area (Å²) in [6, 6.07) is 10.8. The number of rotatable bonds is 5. The molecule has 0 aliphatic carbocycles. The lowest BCUT2D eigenvalue weighted by Gasteiger charge is -2.08. The summed E-state index contributed by atoms with van der Waals surface area (Å²) in [6.07, 6.45) is 0. The van der Waals surface area contributed by atoms with Gasteiger partial charge in [0.1, 0.15) is 10.8 Å². The van der Waals surface area contributed by atoms with Gasteiger partial charge in [0.05, 0.1) is 17.6 Å². The maximum Gasteiger partial charge on any atom is 0.341 e. The van der Waals surface area contributed by atoms with Crippen molar-refractivity contribution in [2.75, 3.05) is 17.7 Å². The highest BCUT2D eigenvalue weighted by Crippen LogP contribution is 2.35. The summed E-state index contributed by atoms with van der Waals surface area (Å²) in [5.74, 6) is -2.26. The summed E-state index contributed by atoms with van der Waals surface area (Å²) in [5, 5.41) is 5.60. The smallest absolute Gasteiger partial charge is 0.341 e. The zero-order valence-electron chi connectivity index (χ0n) is 17.5.